The van der Waals surface area contributed by atoms with E-state index in [0.29, 0.717) is 11.1 Å². The molecule has 2 aliphatic heterocycles. The van der Waals surface area contributed by atoms with E-state index < -0.39 is 48.9 Å². The number of benzene rings is 3. The lowest BCUT2D eigenvalue weighted by atomic mass is 9.93. The lowest BCUT2D eigenvalue weighted by molar-refractivity contribution is -0.311. The molecule has 7 atom stereocenters. The van der Waals surface area contributed by atoms with Crippen LogP contribution in [0, 0.1) is 0 Å². The summed E-state index contributed by atoms with van der Waals surface area (Å²) in [6.45, 7) is 1.56. The van der Waals surface area contributed by atoms with Crippen LogP contribution in [0.25, 0.3) is 6.08 Å². The number of aromatic hydroxyl groups is 3. The van der Waals surface area contributed by atoms with E-state index in [1.54, 1.807) is 25.1 Å². The van der Waals surface area contributed by atoms with Crippen molar-refractivity contribution in [3.8, 4) is 23.0 Å². The molecule has 0 radical (unpaired) electrons. The average molecular weight is 551 g/mol. The smallest absolute Gasteiger partial charge is 0.331 e. The number of rotatable bonds is 6. The number of fused-ring (bicyclic) bond motifs is 1. The number of carbonyl (C=O) groups is 1. The highest BCUT2D eigenvalue weighted by molar-refractivity contribution is 5.87. The van der Waals surface area contributed by atoms with Crippen molar-refractivity contribution in [3.63, 3.8) is 0 Å². The second-order valence-corrected chi connectivity index (χ2v) is 9.79. The maximum Gasteiger partial charge on any atom is 0.331 e. The SMILES string of the molecule is C[C@H]1O[C@H](O[C@H]2Cc3c(O)cc(O)cc3O[C@@H]2c2ccc(O)cc2)[C@@H](O)[C@@H](OC(=O)/C=C/c2ccccc2)[C@@H]1O. The molecule has 0 unspecified atom stereocenters. The van der Waals surface area contributed by atoms with Crippen LogP contribution in [0.1, 0.15) is 29.7 Å². The Morgan fingerprint density at radius 1 is 0.950 bits per heavy atom. The van der Waals surface area contributed by atoms with Gasteiger partial charge in [-0.1, -0.05) is 42.5 Å². The zero-order chi connectivity index (χ0) is 28.4. The van der Waals surface area contributed by atoms with Gasteiger partial charge < -0.3 is 44.5 Å². The Morgan fingerprint density at radius 3 is 2.40 bits per heavy atom. The van der Waals surface area contributed by atoms with Crippen molar-refractivity contribution in [2.75, 3.05) is 0 Å². The first-order valence-electron chi connectivity index (χ1n) is 12.8. The summed E-state index contributed by atoms with van der Waals surface area (Å²) < 4.78 is 23.5. The van der Waals surface area contributed by atoms with Gasteiger partial charge in [0, 0.05) is 30.2 Å². The van der Waals surface area contributed by atoms with E-state index in [1.807, 2.05) is 30.3 Å². The first-order valence-corrected chi connectivity index (χ1v) is 12.8. The van der Waals surface area contributed by atoms with E-state index in [4.69, 9.17) is 18.9 Å². The van der Waals surface area contributed by atoms with Gasteiger partial charge in [0.1, 0.15) is 41.3 Å². The number of phenolic OH excluding ortho intramolecular Hbond substituents is 3. The molecule has 5 rings (SSSR count). The van der Waals surface area contributed by atoms with Gasteiger partial charge in [-0.25, -0.2) is 4.79 Å². The standard InChI is InChI=1S/C30H30O10/c1-16-26(35)29(40-25(34)12-7-17-5-3-2-4-6-17)27(36)30(37-16)39-24-15-21-22(33)13-20(32)14-23(21)38-28(24)18-8-10-19(31)11-9-18/h2-14,16,24,26-33,35-36H,15H2,1H3/b12-7+/t16-,24+,26-,27+,28-,29+,30-/m1/s1. The number of aliphatic hydroxyl groups is 2. The summed E-state index contributed by atoms with van der Waals surface area (Å²) in [6, 6.07) is 17.9. The molecule has 210 valence electrons. The normalized spacial score (nSPS) is 28.0. The third-order valence-electron chi connectivity index (χ3n) is 6.94. The third-order valence-corrected chi connectivity index (χ3v) is 6.94. The summed E-state index contributed by atoms with van der Waals surface area (Å²) in [5, 5.41) is 51.9. The van der Waals surface area contributed by atoms with Crippen molar-refractivity contribution in [2.24, 2.45) is 0 Å². The average Bonchev–Trinajstić information content (AvgIpc) is 2.94. The molecule has 0 aliphatic carbocycles. The Bertz CT molecular complexity index is 1360. The van der Waals surface area contributed by atoms with Crippen LogP contribution in [0.3, 0.4) is 0 Å². The molecule has 10 heteroatoms. The molecular formula is C30H30O10. The highest BCUT2D eigenvalue weighted by Gasteiger charge is 2.48. The van der Waals surface area contributed by atoms with E-state index >= 15 is 0 Å². The zero-order valence-electron chi connectivity index (χ0n) is 21.5. The molecule has 10 nitrogen and oxygen atoms in total. The van der Waals surface area contributed by atoms with E-state index in [2.05, 4.69) is 0 Å². The van der Waals surface area contributed by atoms with Crippen LogP contribution < -0.4 is 4.74 Å². The Kier molecular flexibility index (Phi) is 7.95. The number of esters is 1. The topological polar surface area (TPSA) is 155 Å². The fraction of sp³-hybridized carbons (Fsp3) is 0.300. The lowest BCUT2D eigenvalue weighted by Crippen LogP contribution is -2.59. The highest BCUT2D eigenvalue weighted by atomic mass is 16.7. The Balaban J connectivity index is 1.37. The highest BCUT2D eigenvalue weighted by Crippen LogP contribution is 2.43. The van der Waals surface area contributed by atoms with Crippen molar-refractivity contribution >= 4 is 12.0 Å². The van der Waals surface area contributed by atoms with Crippen molar-refractivity contribution < 1.29 is 49.3 Å². The molecule has 2 heterocycles. The van der Waals surface area contributed by atoms with Crippen LogP contribution in [-0.2, 0) is 25.4 Å². The van der Waals surface area contributed by atoms with Gasteiger partial charge in [-0.15, -0.1) is 0 Å². The summed E-state index contributed by atoms with van der Waals surface area (Å²) in [6.07, 6.45) is -5.18. The molecule has 2 aliphatic rings. The molecule has 0 bridgehead atoms. The third kappa shape index (κ3) is 5.90. The number of carbonyl (C=O) groups excluding carboxylic acids is 1. The van der Waals surface area contributed by atoms with Gasteiger partial charge >= 0.3 is 5.97 Å². The van der Waals surface area contributed by atoms with Crippen LogP contribution in [0.2, 0.25) is 0 Å². The van der Waals surface area contributed by atoms with Crippen molar-refractivity contribution in [3.05, 3.63) is 89.5 Å². The molecule has 0 amide bonds. The Hall–Kier alpha value is -4.09. The molecule has 3 aromatic carbocycles. The first-order chi connectivity index (χ1) is 19.2. The van der Waals surface area contributed by atoms with Gasteiger partial charge in [-0.2, -0.15) is 0 Å². The zero-order valence-corrected chi connectivity index (χ0v) is 21.5. The molecule has 1 saturated heterocycles. The van der Waals surface area contributed by atoms with Gasteiger partial charge in [0.25, 0.3) is 0 Å². The molecule has 3 aromatic rings. The minimum Gasteiger partial charge on any atom is -0.508 e. The number of phenols is 3. The largest absolute Gasteiger partial charge is 0.508 e. The fourth-order valence-corrected chi connectivity index (χ4v) is 4.84. The number of hydrogen-bond acceptors (Lipinski definition) is 10. The second-order valence-electron chi connectivity index (χ2n) is 9.79. The molecule has 0 aromatic heterocycles. The molecule has 40 heavy (non-hydrogen) atoms. The van der Waals surface area contributed by atoms with Gasteiger partial charge in [0.05, 0.1) is 6.10 Å². The van der Waals surface area contributed by atoms with Crippen LogP contribution in [-0.4, -0.2) is 68.3 Å². The lowest BCUT2D eigenvalue weighted by Gasteiger charge is -2.43. The van der Waals surface area contributed by atoms with E-state index in [0.717, 1.165) is 5.56 Å². The summed E-state index contributed by atoms with van der Waals surface area (Å²) in [5.41, 5.74) is 1.77. The fourth-order valence-electron chi connectivity index (χ4n) is 4.84. The van der Waals surface area contributed by atoms with E-state index in [9.17, 15) is 30.3 Å². The molecular weight excluding hydrogens is 520 g/mol. The Labute approximate surface area is 230 Å². The van der Waals surface area contributed by atoms with Gasteiger partial charge in [-0.3, -0.25) is 0 Å². The maximum atomic E-state index is 12.5. The maximum absolute atomic E-state index is 12.5. The minimum absolute atomic E-state index is 0.0486. The summed E-state index contributed by atoms with van der Waals surface area (Å²) in [4.78, 5) is 12.5. The van der Waals surface area contributed by atoms with Crippen molar-refractivity contribution in [1.29, 1.82) is 0 Å². The van der Waals surface area contributed by atoms with E-state index in [1.165, 1.54) is 30.3 Å². The molecule has 0 saturated carbocycles. The van der Waals surface area contributed by atoms with Crippen LogP contribution >= 0.6 is 0 Å². The van der Waals surface area contributed by atoms with Crippen LogP contribution in [0.4, 0.5) is 0 Å². The molecule has 0 spiro atoms. The number of ether oxygens (including phenoxy) is 4. The summed E-state index contributed by atoms with van der Waals surface area (Å²) in [7, 11) is 0. The monoisotopic (exact) mass is 550 g/mol. The first kappa shape index (κ1) is 27.5. The van der Waals surface area contributed by atoms with Gasteiger partial charge in [0.2, 0.25) is 0 Å². The Morgan fingerprint density at radius 2 is 1.68 bits per heavy atom. The second kappa shape index (κ2) is 11.6. The van der Waals surface area contributed by atoms with Gasteiger partial charge in [0.15, 0.2) is 18.5 Å². The van der Waals surface area contributed by atoms with Crippen LogP contribution in [0.5, 0.6) is 23.0 Å². The van der Waals surface area contributed by atoms with Crippen molar-refractivity contribution in [1.82, 2.24) is 0 Å². The molecule has 1 fully saturated rings. The number of aliphatic hydroxyl groups excluding tert-OH is 2. The predicted octanol–water partition coefficient (Wildman–Crippen LogP) is 2.96. The predicted molar refractivity (Wildman–Crippen MR) is 142 cm³/mol. The minimum atomic E-state index is -1.56. The van der Waals surface area contributed by atoms with Gasteiger partial charge in [-0.05, 0) is 36.3 Å². The quantitative estimate of drug-likeness (QED) is 0.229. The summed E-state index contributed by atoms with van der Waals surface area (Å²) in [5.74, 6) is -0.839. The number of hydrogen-bond donors (Lipinski definition) is 5. The van der Waals surface area contributed by atoms with E-state index in [-0.39, 0.29) is 29.4 Å². The van der Waals surface area contributed by atoms with Crippen LogP contribution in [0.15, 0.2) is 72.8 Å². The molecule has 5 N–H and O–H groups in total. The van der Waals surface area contributed by atoms with Crippen molar-refractivity contribution in [2.45, 2.75) is 56.3 Å². The summed E-state index contributed by atoms with van der Waals surface area (Å²) >= 11 is 0.